The van der Waals surface area contributed by atoms with Gasteiger partial charge in [0.15, 0.2) is 0 Å². The Morgan fingerprint density at radius 1 is 1.08 bits per heavy atom. The fourth-order valence-electron chi connectivity index (χ4n) is 2.38. The molecule has 1 aromatic heterocycles. The molecule has 0 radical (unpaired) electrons. The number of thioether (sulfide) groups is 1. The average Bonchev–Trinajstić information content (AvgIpc) is 2.61. The lowest BCUT2D eigenvalue weighted by molar-refractivity contribution is -0.364. The van der Waals surface area contributed by atoms with Gasteiger partial charge < -0.3 is 0 Å². The molecule has 25 heavy (non-hydrogen) atoms. The van der Waals surface area contributed by atoms with Gasteiger partial charge in [0.25, 0.3) is 5.82 Å². The van der Waals surface area contributed by atoms with Gasteiger partial charge in [-0.25, -0.2) is 13.4 Å². The average molecular weight is 381 g/mol. The van der Waals surface area contributed by atoms with Crippen LogP contribution in [0.4, 0.5) is 5.82 Å². The third kappa shape index (κ3) is 5.45. The van der Waals surface area contributed by atoms with Gasteiger partial charge in [-0.05, 0) is 25.1 Å². The molecule has 0 aliphatic rings. The maximum Gasteiger partial charge on any atom is 0.272 e. The van der Waals surface area contributed by atoms with Crippen molar-refractivity contribution in [2.45, 2.75) is 30.6 Å². The molecular formula is C18H26N3O2S2+. The molecule has 0 bridgehead atoms. The molecule has 0 fully saturated rings. The number of rotatable bonds is 9. The number of nitrogens with zero attached hydrogens (tertiary/aromatic N) is 1. The fraction of sp³-hybridized carbons (Fsp3) is 0.389. The maximum absolute atomic E-state index is 12.4. The lowest BCUT2D eigenvalue weighted by Crippen LogP contribution is -2.31. The summed E-state index contributed by atoms with van der Waals surface area (Å²) in [6.45, 7) is 7.48. The third-order valence-corrected chi connectivity index (χ3v) is 6.89. The molecule has 136 valence electrons. The lowest BCUT2D eigenvalue weighted by Gasteiger charge is -2.17. The van der Waals surface area contributed by atoms with Gasteiger partial charge in [-0.15, -0.1) is 11.8 Å². The number of hydrogen-bond donors (Lipinski definition) is 1. The molecule has 5 nitrogen and oxygen atoms in total. The minimum atomic E-state index is -3.41. The largest absolute Gasteiger partial charge is 0.274 e. The predicted molar refractivity (Wildman–Crippen MR) is 103 cm³/mol. The number of sulfonamides is 1. The van der Waals surface area contributed by atoms with Crippen LogP contribution in [0.1, 0.15) is 19.4 Å². The summed E-state index contributed by atoms with van der Waals surface area (Å²) in [7, 11) is -3.41. The summed E-state index contributed by atoms with van der Waals surface area (Å²) < 4.78 is 26.3. The molecule has 0 saturated heterocycles. The van der Waals surface area contributed by atoms with Crippen LogP contribution in [0.25, 0.3) is 0 Å². The smallest absolute Gasteiger partial charge is 0.272 e. The molecule has 0 aliphatic carbocycles. The first-order chi connectivity index (χ1) is 12.0. The van der Waals surface area contributed by atoms with Gasteiger partial charge in [0, 0.05) is 29.8 Å². The number of benzene rings is 1. The predicted octanol–water partition coefficient (Wildman–Crippen LogP) is 3.04. The molecule has 2 rings (SSSR count). The Morgan fingerprint density at radius 2 is 1.76 bits per heavy atom. The van der Waals surface area contributed by atoms with Crippen LogP contribution in [0.2, 0.25) is 0 Å². The van der Waals surface area contributed by atoms with Gasteiger partial charge in [-0.2, -0.15) is 4.31 Å². The third-order valence-electron chi connectivity index (χ3n) is 3.83. The van der Waals surface area contributed by atoms with Crippen LogP contribution in [-0.4, -0.2) is 38.1 Å². The van der Waals surface area contributed by atoms with Crippen LogP contribution in [-0.2, 0) is 10.0 Å². The van der Waals surface area contributed by atoms with Crippen LogP contribution in [0, 0.1) is 6.92 Å². The molecule has 0 amide bonds. The summed E-state index contributed by atoms with van der Waals surface area (Å²) in [5, 5.41) is 3.28. The summed E-state index contributed by atoms with van der Waals surface area (Å²) in [4.78, 5) is 4.56. The van der Waals surface area contributed by atoms with E-state index < -0.39 is 10.0 Å². The first kappa shape index (κ1) is 19.8. The minimum absolute atomic E-state index is 0.288. The summed E-state index contributed by atoms with van der Waals surface area (Å²) in [5.74, 6) is 1.74. The molecule has 0 atom stereocenters. The van der Waals surface area contributed by atoms with E-state index in [-0.39, 0.29) is 4.90 Å². The Labute approximate surface area is 154 Å². The summed E-state index contributed by atoms with van der Waals surface area (Å²) in [5.41, 5.74) is 1.26. The highest BCUT2D eigenvalue weighted by molar-refractivity contribution is 7.99. The highest BCUT2D eigenvalue weighted by atomic mass is 32.2. The van der Waals surface area contributed by atoms with Gasteiger partial charge in [0.2, 0.25) is 10.0 Å². The Hall–Kier alpha value is -1.57. The van der Waals surface area contributed by atoms with Crippen molar-refractivity contribution in [3.05, 3.63) is 48.2 Å². The van der Waals surface area contributed by atoms with Crippen LogP contribution in [0.15, 0.2) is 52.4 Å². The molecule has 2 aromatic rings. The quantitative estimate of drug-likeness (QED) is 0.536. The minimum Gasteiger partial charge on any atom is -0.274 e. The van der Waals surface area contributed by atoms with Crippen molar-refractivity contribution < 1.29 is 13.4 Å². The SMILES string of the molecule is CCN(CC)S(=O)(=O)c1ccc(NCCSc2ccc(C)cc2)[nH+]c1. The van der Waals surface area contributed by atoms with Crippen molar-refractivity contribution in [1.82, 2.24) is 4.31 Å². The monoisotopic (exact) mass is 380 g/mol. The molecule has 1 aromatic carbocycles. The molecule has 2 N–H and O–H groups in total. The van der Waals surface area contributed by atoms with Crippen molar-refractivity contribution in [3.8, 4) is 0 Å². The molecular weight excluding hydrogens is 354 g/mol. The van der Waals surface area contributed by atoms with Crippen molar-refractivity contribution in [2.75, 3.05) is 30.7 Å². The van der Waals surface area contributed by atoms with Crippen LogP contribution < -0.4 is 10.3 Å². The second kappa shape index (κ2) is 9.22. The van der Waals surface area contributed by atoms with Crippen molar-refractivity contribution in [2.24, 2.45) is 0 Å². The summed E-state index contributed by atoms with van der Waals surface area (Å²) >= 11 is 1.79. The van der Waals surface area contributed by atoms with E-state index in [1.807, 2.05) is 13.8 Å². The van der Waals surface area contributed by atoms with Crippen LogP contribution in [0.5, 0.6) is 0 Å². The Balaban J connectivity index is 1.87. The van der Waals surface area contributed by atoms with E-state index in [1.54, 1.807) is 30.1 Å². The molecule has 1 heterocycles. The van der Waals surface area contributed by atoms with E-state index in [4.69, 9.17) is 0 Å². The van der Waals surface area contributed by atoms with Gasteiger partial charge in [0.1, 0.15) is 11.1 Å². The summed E-state index contributed by atoms with van der Waals surface area (Å²) in [6, 6.07) is 11.9. The topological polar surface area (TPSA) is 63.6 Å². The number of anilines is 1. The Bertz CT molecular complexity index is 756. The molecule has 7 heteroatoms. The van der Waals surface area contributed by atoms with Crippen LogP contribution >= 0.6 is 11.8 Å². The normalized spacial score (nSPS) is 11.7. The lowest BCUT2D eigenvalue weighted by atomic mass is 10.2. The molecule has 0 saturated carbocycles. The van der Waals surface area contributed by atoms with E-state index >= 15 is 0 Å². The van der Waals surface area contributed by atoms with Gasteiger partial charge in [-0.1, -0.05) is 31.5 Å². The summed E-state index contributed by atoms with van der Waals surface area (Å²) in [6.07, 6.45) is 1.54. The highest BCUT2D eigenvalue weighted by Gasteiger charge is 2.22. The molecule has 0 aliphatic heterocycles. The number of H-pyrrole nitrogens is 1. The Morgan fingerprint density at radius 3 is 2.32 bits per heavy atom. The zero-order valence-corrected chi connectivity index (χ0v) is 16.6. The first-order valence-corrected chi connectivity index (χ1v) is 10.8. The van der Waals surface area contributed by atoms with Crippen molar-refractivity contribution >= 4 is 27.6 Å². The van der Waals surface area contributed by atoms with Crippen molar-refractivity contribution in [3.63, 3.8) is 0 Å². The van der Waals surface area contributed by atoms with Gasteiger partial charge in [-0.3, -0.25) is 5.32 Å². The fourth-order valence-corrected chi connectivity index (χ4v) is 4.58. The standard InChI is InChI=1S/C18H25N3O2S2/c1-4-21(5-2)25(22,23)17-10-11-18(20-14-17)19-12-13-24-16-8-6-15(3)7-9-16/h6-11,14H,4-5,12-13H2,1-3H3,(H,19,20)/p+1. The number of hydrogen-bond acceptors (Lipinski definition) is 4. The van der Waals surface area contributed by atoms with E-state index in [0.717, 1.165) is 18.1 Å². The number of aryl methyl sites for hydroxylation is 1. The second-order valence-corrected chi connectivity index (χ2v) is 8.72. The van der Waals surface area contributed by atoms with E-state index in [9.17, 15) is 8.42 Å². The number of pyridine rings is 1. The van der Waals surface area contributed by atoms with Crippen LogP contribution in [0.3, 0.4) is 0 Å². The van der Waals surface area contributed by atoms with E-state index in [0.29, 0.717) is 13.1 Å². The van der Waals surface area contributed by atoms with E-state index in [1.165, 1.54) is 14.8 Å². The zero-order valence-electron chi connectivity index (χ0n) is 15.0. The number of nitrogens with one attached hydrogen (secondary N) is 2. The van der Waals surface area contributed by atoms with Gasteiger partial charge >= 0.3 is 0 Å². The molecule has 0 unspecified atom stereocenters. The number of aromatic amines is 1. The Kier molecular flexibility index (Phi) is 7.28. The maximum atomic E-state index is 12.4. The van der Waals surface area contributed by atoms with Gasteiger partial charge in [0.05, 0.1) is 6.54 Å². The second-order valence-electron chi connectivity index (χ2n) is 5.62. The zero-order chi connectivity index (χ0) is 18.3. The number of aromatic nitrogens is 1. The first-order valence-electron chi connectivity index (χ1n) is 8.42. The molecule has 0 spiro atoms. The highest BCUT2D eigenvalue weighted by Crippen LogP contribution is 2.18. The van der Waals surface area contributed by atoms with Crippen molar-refractivity contribution in [1.29, 1.82) is 0 Å². The van der Waals surface area contributed by atoms with E-state index in [2.05, 4.69) is 41.5 Å².